The summed E-state index contributed by atoms with van der Waals surface area (Å²) in [6, 6.07) is 14.0. The third kappa shape index (κ3) is 4.10. The van der Waals surface area contributed by atoms with Gasteiger partial charge in [0.05, 0.1) is 11.1 Å². The maximum atomic E-state index is 12.9. The van der Waals surface area contributed by atoms with E-state index < -0.39 is 0 Å². The van der Waals surface area contributed by atoms with E-state index >= 15 is 0 Å². The fourth-order valence-corrected chi connectivity index (χ4v) is 4.80. The van der Waals surface area contributed by atoms with Gasteiger partial charge in [-0.25, -0.2) is 0 Å². The Labute approximate surface area is 170 Å². The summed E-state index contributed by atoms with van der Waals surface area (Å²) in [5, 5.41) is 4.84. The molecule has 1 fully saturated rings. The molecule has 0 unspecified atom stereocenters. The minimum Gasteiger partial charge on any atom is -0.381 e. The Bertz CT molecular complexity index is 989. The van der Waals surface area contributed by atoms with Crippen LogP contribution in [-0.4, -0.2) is 29.4 Å². The first-order valence-electron chi connectivity index (χ1n) is 9.79. The van der Waals surface area contributed by atoms with Crippen molar-refractivity contribution >= 4 is 34.3 Å². The number of amides is 1. The van der Waals surface area contributed by atoms with Crippen LogP contribution in [0, 0.1) is 13.8 Å². The summed E-state index contributed by atoms with van der Waals surface area (Å²) in [6.45, 7) is 5.86. The number of ether oxygens (including phenoxy) is 1. The standard InChI is InChI=1S/C23H26N2O2S/c1-15-16(2)24-22-20(15)7-4-8-21(22)23(26)25-18-6-3-5-17(13-18)14-28-19-9-11-27-12-10-19/h3-8,13,19,24H,9-12,14H2,1-2H3,(H,25,26). The molecule has 1 aliphatic heterocycles. The van der Waals surface area contributed by atoms with Gasteiger partial charge in [-0.3, -0.25) is 4.79 Å². The maximum absolute atomic E-state index is 12.9. The molecule has 2 N–H and O–H groups in total. The molecule has 0 bridgehead atoms. The van der Waals surface area contributed by atoms with Gasteiger partial charge in [-0.2, -0.15) is 11.8 Å². The van der Waals surface area contributed by atoms with Crippen molar-refractivity contribution in [2.45, 2.75) is 37.7 Å². The SMILES string of the molecule is Cc1[nH]c2c(C(=O)Nc3cccc(CSC4CCOCC4)c3)cccc2c1C. The zero-order valence-corrected chi connectivity index (χ0v) is 17.2. The topological polar surface area (TPSA) is 54.1 Å². The molecule has 3 aromatic rings. The van der Waals surface area contributed by atoms with Crippen LogP contribution in [0.5, 0.6) is 0 Å². The van der Waals surface area contributed by atoms with Gasteiger partial charge in [-0.1, -0.05) is 24.3 Å². The second-order valence-corrected chi connectivity index (χ2v) is 8.67. The van der Waals surface area contributed by atoms with Crippen LogP contribution in [0.2, 0.25) is 0 Å². The number of aromatic nitrogens is 1. The van der Waals surface area contributed by atoms with Gasteiger partial charge in [0, 0.05) is 41.0 Å². The van der Waals surface area contributed by atoms with Gasteiger partial charge in [0.15, 0.2) is 0 Å². The van der Waals surface area contributed by atoms with Crippen molar-refractivity contribution in [3.63, 3.8) is 0 Å². The second-order valence-electron chi connectivity index (χ2n) is 7.38. The van der Waals surface area contributed by atoms with E-state index in [-0.39, 0.29) is 5.91 Å². The van der Waals surface area contributed by atoms with Crippen LogP contribution in [0.15, 0.2) is 42.5 Å². The Morgan fingerprint density at radius 1 is 1.18 bits per heavy atom. The third-order valence-corrected chi connectivity index (χ3v) is 6.87. The average Bonchev–Trinajstić information content (AvgIpc) is 3.01. The fourth-order valence-electron chi connectivity index (χ4n) is 3.67. The number of hydrogen-bond acceptors (Lipinski definition) is 3. The zero-order chi connectivity index (χ0) is 19.5. The van der Waals surface area contributed by atoms with Crippen LogP contribution in [0.25, 0.3) is 10.9 Å². The highest BCUT2D eigenvalue weighted by atomic mass is 32.2. The maximum Gasteiger partial charge on any atom is 0.257 e. The summed E-state index contributed by atoms with van der Waals surface area (Å²) in [6.07, 6.45) is 2.25. The van der Waals surface area contributed by atoms with Crippen molar-refractivity contribution in [1.82, 2.24) is 4.98 Å². The van der Waals surface area contributed by atoms with Gasteiger partial charge in [-0.15, -0.1) is 0 Å². The predicted octanol–water partition coefficient (Wildman–Crippen LogP) is 5.45. The van der Waals surface area contributed by atoms with Crippen molar-refractivity contribution in [2.75, 3.05) is 18.5 Å². The van der Waals surface area contributed by atoms with Crippen LogP contribution < -0.4 is 5.32 Å². The molecule has 1 aliphatic rings. The number of fused-ring (bicyclic) bond motifs is 1. The lowest BCUT2D eigenvalue weighted by Gasteiger charge is -2.21. The number of H-pyrrole nitrogens is 1. The van der Waals surface area contributed by atoms with E-state index in [4.69, 9.17) is 4.74 Å². The molecule has 0 spiro atoms. The minimum absolute atomic E-state index is 0.0823. The summed E-state index contributed by atoms with van der Waals surface area (Å²) >= 11 is 1.98. The Morgan fingerprint density at radius 3 is 2.79 bits per heavy atom. The Hall–Kier alpha value is -2.24. The predicted molar refractivity (Wildman–Crippen MR) is 117 cm³/mol. The van der Waals surface area contributed by atoms with E-state index in [2.05, 4.69) is 35.4 Å². The van der Waals surface area contributed by atoms with Gasteiger partial charge in [0.25, 0.3) is 5.91 Å². The minimum atomic E-state index is -0.0823. The first-order chi connectivity index (χ1) is 13.6. The Balaban J connectivity index is 1.47. The molecule has 0 saturated carbocycles. The molecule has 28 heavy (non-hydrogen) atoms. The number of rotatable bonds is 5. The van der Waals surface area contributed by atoms with Crippen LogP contribution in [0.3, 0.4) is 0 Å². The zero-order valence-electron chi connectivity index (χ0n) is 16.4. The van der Waals surface area contributed by atoms with Gasteiger partial charge >= 0.3 is 0 Å². The van der Waals surface area contributed by atoms with E-state index in [1.807, 2.05) is 43.0 Å². The number of nitrogens with one attached hydrogen (secondary N) is 2. The number of aromatic amines is 1. The summed E-state index contributed by atoms with van der Waals surface area (Å²) < 4.78 is 5.43. The van der Waals surface area contributed by atoms with Crippen molar-refractivity contribution in [2.24, 2.45) is 0 Å². The van der Waals surface area contributed by atoms with E-state index in [0.29, 0.717) is 10.8 Å². The van der Waals surface area contributed by atoms with E-state index in [1.165, 1.54) is 11.1 Å². The fraction of sp³-hybridized carbons (Fsp3) is 0.348. The summed E-state index contributed by atoms with van der Waals surface area (Å²) in [4.78, 5) is 16.3. The number of benzene rings is 2. The van der Waals surface area contributed by atoms with Gasteiger partial charge in [0.1, 0.15) is 0 Å². The molecular weight excluding hydrogens is 368 g/mol. The summed E-state index contributed by atoms with van der Waals surface area (Å²) in [5.74, 6) is 0.875. The molecular formula is C23H26N2O2S. The first kappa shape index (κ1) is 19.1. The number of carbonyl (C=O) groups is 1. The monoisotopic (exact) mass is 394 g/mol. The molecule has 146 valence electrons. The normalized spacial score (nSPS) is 15.1. The highest BCUT2D eigenvalue weighted by Gasteiger charge is 2.16. The van der Waals surface area contributed by atoms with Crippen molar-refractivity contribution in [1.29, 1.82) is 0 Å². The molecule has 4 nitrogen and oxygen atoms in total. The number of para-hydroxylation sites is 1. The Kier molecular flexibility index (Phi) is 5.74. The number of thioether (sulfide) groups is 1. The highest BCUT2D eigenvalue weighted by molar-refractivity contribution is 7.99. The van der Waals surface area contributed by atoms with Crippen LogP contribution in [-0.2, 0) is 10.5 Å². The number of anilines is 1. The second kappa shape index (κ2) is 8.41. The number of aryl methyl sites for hydroxylation is 2. The molecule has 0 aliphatic carbocycles. The van der Waals surface area contributed by atoms with Crippen molar-refractivity contribution < 1.29 is 9.53 Å². The molecule has 2 heterocycles. The van der Waals surface area contributed by atoms with E-state index in [0.717, 1.165) is 54.1 Å². The molecule has 5 heteroatoms. The highest BCUT2D eigenvalue weighted by Crippen LogP contribution is 2.27. The van der Waals surface area contributed by atoms with Crippen LogP contribution in [0.1, 0.15) is 40.0 Å². The lowest BCUT2D eigenvalue weighted by Crippen LogP contribution is -2.17. The van der Waals surface area contributed by atoms with E-state index in [9.17, 15) is 4.79 Å². The van der Waals surface area contributed by atoms with Crippen molar-refractivity contribution in [3.05, 3.63) is 64.8 Å². The van der Waals surface area contributed by atoms with Gasteiger partial charge in [-0.05, 0) is 56.0 Å². The molecule has 0 atom stereocenters. The molecule has 4 rings (SSSR count). The van der Waals surface area contributed by atoms with Gasteiger partial charge < -0.3 is 15.0 Å². The Morgan fingerprint density at radius 2 is 1.96 bits per heavy atom. The third-order valence-electron chi connectivity index (χ3n) is 5.43. The van der Waals surface area contributed by atoms with Crippen LogP contribution in [0.4, 0.5) is 5.69 Å². The number of carbonyl (C=O) groups excluding carboxylic acids is 1. The first-order valence-corrected chi connectivity index (χ1v) is 10.8. The quantitative estimate of drug-likeness (QED) is 0.605. The average molecular weight is 395 g/mol. The molecule has 1 amide bonds. The molecule has 1 aromatic heterocycles. The smallest absolute Gasteiger partial charge is 0.257 e. The summed E-state index contributed by atoms with van der Waals surface area (Å²) in [5.41, 5.74) is 5.95. The van der Waals surface area contributed by atoms with Crippen molar-refractivity contribution in [3.8, 4) is 0 Å². The molecule has 1 saturated heterocycles. The van der Waals surface area contributed by atoms with Crippen LogP contribution >= 0.6 is 11.8 Å². The van der Waals surface area contributed by atoms with E-state index in [1.54, 1.807) is 0 Å². The number of hydrogen-bond donors (Lipinski definition) is 2. The molecule has 2 aromatic carbocycles. The van der Waals surface area contributed by atoms with Gasteiger partial charge in [0.2, 0.25) is 0 Å². The summed E-state index contributed by atoms with van der Waals surface area (Å²) in [7, 11) is 0. The molecule has 0 radical (unpaired) electrons. The largest absolute Gasteiger partial charge is 0.381 e. The lowest BCUT2D eigenvalue weighted by molar-refractivity contribution is 0.1000. The lowest BCUT2D eigenvalue weighted by atomic mass is 10.1.